The van der Waals surface area contributed by atoms with Gasteiger partial charge in [-0.05, 0) is 30.0 Å². The lowest BCUT2D eigenvalue weighted by atomic mass is 10.2. The third-order valence-electron chi connectivity index (χ3n) is 3.71. The standard InChI is InChI=1S/C16H17N3O2S/c20-15-7-6-14(19(15)11-13-5-3-9-22-13)16(21)18-10-12-4-1-2-8-17-12/h1-5,8-9,14H,6-7,10-11H2,(H,18,21)/t14-/m1/s1. The van der Waals surface area contributed by atoms with Gasteiger partial charge in [0.2, 0.25) is 11.8 Å². The minimum atomic E-state index is -0.377. The van der Waals surface area contributed by atoms with Crippen molar-refractivity contribution >= 4 is 23.2 Å². The van der Waals surface area contributed by atoms with Crippen LogP contribution in [0.15, 0.2) is 41.9 Å². The van der Waals surface area contributed by atoms with Gasteiger partial charge in [-0.25, -0.2) is 0 Å². The number of aromatic nitrogens is 1. The molecule has 1 atom stereocenters. The number of rotatable bonds is 5. The SMILES string of the molecule is O=C(NCc1ccccn1)[C@H]1CCC(=O)N1Cc1cccs1. The third kappa shape index (κ3) is 3.33. The number of hydrogen-bond acceptors (Lipinski definition) is 4. The number of carbonyl (C=O) groups is 2. The normalized spacial score (nSPS) is 17.7. The fourth-order valence-corrected chi connectivity index (χ4v) is 3.28. The van der Waals surface area contributed by atoms with Crippen molar-refractivity contribution in [2.45, 2.75) is 32.0 Å². The number of likely N-dealkylation sites (tertiary alicyclic amines) is 1. The van der Waals surface area contributed by atoms with Gasteiger partial charge in [-0.15, -0.1) is 11.3 Å². The van der Waals surface area contributed by atoms with Crippen LogP contribution >= 0.6 is 11.3 Å². The Morgan fingerprint density at radius 3 is 3.00 bits per heavy atom. The molecule has 2 amide bonds. The van der Waals surface area contributed by atoms with Crippen molar-refractivity contribution in [1.29, 1.82) is 0 Å². The number of thiophene rings is 1. The van der Waals surface area contributed by atoms with E-state index in [4.69, 9.17) is 0 Å². The van der Waals surface area contributed by atoms with Crippen LogP contribution in [-0.4, -0.2) is 27.7 Å². The maximum atomic E-state index is 12.4. The Labute approximate surface area is 133 Å². The van der Waals surface area contributed by atoms with E-state index >= 15 is 0 Å². The van der Waals surface area contributed by atoms with Gasteiger partial charge in [-0.1, -0.05) is 12.1 Å². The summed E-state index contributed by atoms with van der Waals surface area (Å²) in [6.45, 7) is 0.898. The van der Waals surface area contributed by atoms with E-state index in [2.05, 4.69) is 10.3 Å². The fourth-order valence-electron chi connectivity index (χ4n) is 2.57. The van der Waals surface area contributed by atoms with Crippen LogP contribution in [0, 0.1) is 0 Å². The molecule has 0 aromatic carbocycles. The van der Waals surface area contributed by atoms with Crippen LogP contribution in [0.1, 0.15) is 23.4 Å². The van der Waals surface area contributed by atoms with E-state index in [-0.39, 0.29) is 17.9 Å². The van der Waals surface area contributed by atoms with Gasteiger partial charge in [-0.3, -0.25) is 14.6 Å². The van der Waals surface area contributed by atoms with Crippen LogP contribution in [0.2, 0.25) is 0 Å². The van der Waals surface area contributed by atoms with Crippen LogP contribution < -0.4 is 5.32 Å². The summed E-state index contributed by atoms with van der Waals surface area (Å²) in [6, 6.07) is 9.15. The van der Waals surface area contributed by atoms with E-state index < -0.39 is 0 Å². The average molecular weight is 315 g/mol. The number of hydrogen-bond donors (Lipinski definition) is 1. The zero-order valence-electron chi connectivity index (χ0n) is 12.1. The molecule has 0 bridgehead atoms. The highest BCUT2D eigenvalue weighted by Gasteiger charge is 2.35. The predicted molar refractivity (Wildman–Crippen MR) is 84.0 cm³/mol. The summed E-state index contributed by atoms with van der Waals surface area (Å²) >= 11 is 1.60. The molecule has 0 unspecified atom stereocenters. The topological polar surface area (TPSA) is 62.3 Å². The first kappa shape index (κ1) is 14.7. The third-order valence-corrected chi connectivity index (χ3v) is 4.57. The number of carbonyl (C=O) groups excluding carboxylic acids is 2. The van der Waals surface area contributed by atoms with Gasteiger partial charge in [0.05, 0.1) is 18.8 Å². The van der Waals surface area contributed by atoms with Crippen LogP contribution in [0.5, 0.6) is 0 Å². The van der Waals surface area contributed by atoms with Gasteiger partial charge in [0.25, 0.3) is 0 Å². The smallest absolute Gasteiger partial charge is 0.243 e. The molecular weight excluding hydrogens is 298 g/mol. The fraction of sp³-hybridized carbons (Fsp3) is 0.312. The predicted octanol–water partition coefficient (Wildman–Crippen LogP) is 1.95. The molecule has 1 fully saturated rings. The lowest BCUT2D eigenvalue weighted by Crippen LogP contribution is -2.44. The highest BCUT2D eigenvalue weighted by molar-refractivity contribution is 7.09. The molecule has 0 saturated carbocycles. The molecule has 0 radical (unpaired) electrons. The molecular formula is C16H17N3O2S. The Hall–Kier alpha value is -2.21. The first-order chi connectivity index (χ1) is 10.7. The highest BCUT2D eigenvalue weighted by atomic mass is 32.1. The van der Waals surface area contributed by atoms with Gasteiger partial charge in [-0.2, -0.15) is 0 Å². The van der Waals surface area contributed by atoms with Crippen LogP contribution in [0.4, 0.5) is 0 Å². The van der Waals surface area contributed by atoms with E-state index in [0.717, 1.165) is 10.6 Å². The maximum absolute atomic E-state index is 12.4. The van der Waals surface area contributed by atoms with Crippen molar-refractivity contribution < 1.29 is 9.59 Å². The molecule has 3 heterocycles. The number of amides is 2. The quantitative estimate of drug-likeness (QED) is 0.917. The van der Waals surface area contributed by atoms with Crippen molar-refractivity contribution in [3.8, 4) is 0 Å². The molecule has 22 heavy (non-hydrogen) atoms. The minimum absolute atomic E-state index is 0.0476. The molecule has 2 aromatic rings. The van der Waals surface area contributed by atoms with Crippen molar-refractivity contribution in [1.82, 2.24) is 15.2 Å². The first-order valence-electron chi connectivity index (χ1n) is 7.23. The van der Waals surface area contributed by atoms with E-state index in [1.54, 1.807) is 22.4 Å². The zero-order valence-corrected chi connectivity index (χ0v) is 12.9. The molecule has 1 aliphatic heterocycles. The monoisotopic (exact) mass is 315 g/mol. The Kier molecular flexibility index (Phi) is 4.48. The van der Waals surface area contributed by atoms with Crippen LogP contribution in [0.25, 0.3) is 0 Å². The second-order valence-electron chi connectivity index (χ2n) is 5.19. The van der Waals surface area contributed by atoms with Gasteiger partial charge in [0.15, 0.2) is 0 Å². The summed E-state index contributed by atoms with van der Waals surface area (Å²) < 4.78 is 0. The molecule has 3 rings (SSSR count). The second-order valence-corrected chi connectivity index (χ2v) is 6.23. The van der Waals surface area contributed by atoms with Crippen molar-refractivity contribution in [2.75, 3.05) is 0 Å². The van der Waals surface area contributed by atoms with E-state index in [1.165, 1.54) is 0 Å². The second kappa shape index (κ2) is 6.70. The molecule has 1 N–H and O–H groups in total. The van der Waals surface area contributed by atoms with Crippen LogP contribution in [-0.2, 0) is 22.7 Å². The highest BCUT2D eigenvalue weighted by Crippen LogP contribution is 2.23. The van der Waals surface area contributed by atoms with Gasteiger partial charge >= 0.3 is 0 Å². The van der Waals surface area contributed by atoms with E-state index in [9.17, 15) is 9.59 Å². The summed E-state index contributed by atoms with van der Waals surface area (Å²) in [5.74, 6) is -0.0561. The zero-order chi connectivity index (χ0) is 15.4. The lowest BCUT2D eigenvalue weighted by Gasteiger charge is -2.23. The summed E-state index contributed by atoms with van der Waals surface area (Å²) in [6.07, 6.45) is 2.72. The number of nitrogens with one attached hydrogen (secondary N) is 1. The summed E-state index contributed by atoms with van der Waals surface area (Å²) in [7, 11) is 0. The lowest BCUT2D eigenvalue weighted by molar-refractivity contribution is -0.135. The van der Waals surface area contributed by atoms with Crippen molar-refractivity contribution in [3.63, 3.8) is 0 Å². The molecule has 0 spiro atoms. The largest absolute Gasteiger partial charge is 0.349 e. The minimum Gasteiger partial charge on any atom is -0.349 e. The van der Waals surface area contributed by atoms with Crippen molar-refractivity contribution in [2.24, 2.45) is 0 Å². The number of pyridine rings is 1. The van der Waals surface area contributed by atoms with Gasteiger partial charge < -0.3 is 10.2 Å². The van der Waals surface area contributed by atoms with E-state index in [0.29, 0.717) is 25.9 Å². The van der Waals surface area contributed by atoms with Crippen LogP contribution in [0.3, 0.4) is 0 Å². The first-order valence-corrected chi connectivity index (χ1v) is 8.11. The van der Waals surface area contributed by atoms with Crippen molar-refractivity contribution in [3.05, 3.63) is 52.5 Å². The molecule has 2 aromatic heterocycles. The summed E-state index contributed by atoms with van der Waals surface area (Å²) in [4.78, 5) is 31.4. The van der Waals surface area contributed by atoms with Gasteiger partial charge in [0.1, 0.15) is 6.04 Å². The Morgan fingerprint density at radius 1 is 1.36 bits per heavy atom. The Balaban J connectivity index is 1.61. The summed E-state index contributed by atoms with van der Waals surface area (Å²) in [5, 5.41) is 4.86. The van der Waals surface area contributed by atoms with E-state index in [1.807, 2.05) is 35.7 Å². The molecule has 5 nitrogen and oxygen atoms in total. The molecule has 114 valence electrons. The average Bonchev–Trinajstić information content (AvgIpc) is 3.17. The molecule has 0 aliphatic carbocycles. The summed E-state index contributed by atoms with van der Waals surface area (Å²) in [5.41, 5.74) is 0.810. The Morgan fingerprint density at radius 2 is 2.27 bits per heavy atom. The van der Waals surface area contributed by atoms with Gasteiger partial charge in [0, 0.05) is 17.5 Å². The molecule has 1 aliphatic rings. The molecule has 1 saturated heterocycles. The molecule has 6 heteroatoms. The maximum Gasteiger partial charge on any atom is 0.243 e. The Bertz CT molecular complexity index is 643. The number of nitrogens with zero attached hydrogens (tertiary/aromatic N) is 2.